The van der Waals surface area contributed by atoms with Crippen molar-refractivity contribution in [2.45, 2.75) is 38.9 Å². The van der Waals surface area contributed by atoms with Gasteiger partial charge in [0, 0.05) is 5.56 Å². The van der Waals surface area contributed by atoms with Gasteiger partial charge in [0.15, 0.2) is 5.78 Å². The van der Waals surface area contributed by atoms with E-state index in [4.69, 9.17) is 9.47 Å². The predicted molar refractivity (Wildman–Crippen MR) is 95.3 cm³/mol. The van der Waals surface area contributed by atoms with Gasteiger partial charge in [-0.2, -0.15) is 0 Å². The number of phenols is 1. The van der Waals surface area contributed by atoms with Gasteiger partial charge in [-0.1, -0.05) is 30.3 Å². The van der Waals surface area contributed by atoms with Crippen LogP contribution in [0.4, 0.5) is 0 Å². The van der Waals surface area contributed by atoms with Gasteiger partial charge >= 0.3 is 0 Å². The summed E-state index contributed by atoms with van der Waals surface area (Å²) in [5.41, 5.74) is 2.02. The number of carbonyl (C=O) groups excluding carboxylic acids is 1. The minimum absolute atomic E-state index is 0.0566. The highest BCUT2D eigenvalue weighted by Crippen LogP contribution is 2.50. The van der Waals surface area contributed by atoms with Crippen molar-refractivity contribution in [3.8, 4) is 17.2 Å². The molecule has 0 bridgehead atoms. The Morgan fingerprint density at radius 2 is 1.88 bits per heavy atom. The largest absolute Gasteiger partial charge is 0.506 e. The molecule has 0 unspecified atom stereocenters. The van der Waals surface area contributed by atoms with E-state index in [1.807, 2.05) is 63.3 Å². The molecule has 0 spiro atoms. The van der Waals surface area contributed by atoms with Crippen molar-refractivity contribution >= 4 is 11.9 Å². The molecule has 0 saturated heterocycles. The Morgan fingerprint density at radius 3 is 2.60 bits per heavy atom. The summed E-state index contributed by atoms with van der Waals surface area (Å²) in [6.07, 6.45) is 3.54. The molecule has 25 heavy (non-hydrogen) atoms. The number of phenolic OH excluding ortho intramolecular Hbond substituents is 1. The summed E-state index contributed by atoms with van der Waals surface area (Å²) in [6, 6.07) is 9.66. The van der Waals surface area contributed by atoms with E-state index < -0.39 is 5.60 Å². The standard InChI is InChI=1S/C21H20O4/c1-12-19-14(9-10-21(2,3)25-19)18(23)17-15(22)11-16(24-20(12)17)13-7-5-4-6-8-13/h4-10,16,23H,11H2,1-3H3/t16-/m0/s1. The first-order chi connectivity index (χ1) is 11.9. The third-order valence-electron chi connectivity index (χ3n) is 4.74. The number of fused-ring (bicyclic) bond motifs is 2. The van der Waals surface area contributed by atoms with Gasteiger partial charge in [0.05, 0.1) is 12.0 Å². The second kappa shape index (κ2) is 5.38. The molecular formula is C21H20O4. The highest BCUT2D eigenvalue weighted by Gasteiger charge is 2.36. The van der Waals surface area contributed by atoms with Crippen LogP contribution < -0.4 is 9.47 Å². The normalized spacial score (nSPS) is 20.3. The molecule has 1 atom stereocenters. The summed E-state index contributed by atoms with van der Waals surface area (Å²) in [6.45, 7) is 5.76. The average molecular weight is 336 g/mol. The lowest BCUT2D eigenvalue weighted by Crippen LogP contribution is -2.29. The predicted octanol–water partition coefficient (Wildman–Crippen LogP) is 4.59. The third kappa shape index (κ3) is 2.49. The van der Waals surface area contributed by atoms with Crippen LogP contribution in [-0.4, -0.2) is 16.5 Å². The van der Waals surface area contributed by atoms with Crippen molar-refractivity contribution in [1.82, 2.24) is 0 Å². The van der Waals surface area contributed by atoms with Gasteiger partial charge in [-0.3, -0.25) is 4.79 Å². The Hall–Kier alpha value is -2.75. The van der Waals surface area contributed by atoms with Gasteiger partial charge in [0.2, 0.25) is 0 Å². The van der Waals surface area contributed by atoms with Crippen molar-refractivity contribution in [2.75, 3.05) is 0 Å². The van der Waals surface area contributed by atoms with E-state index in [9.17, 15) is 9.90 Å². The van der Waals surface area contributed by atoms with E-state index in [1.165, 1.54) is 0 Å². The molecule has 0 aromatic heterocycles. The first-order valence-corrected chi connectivity index (χ1v) is 8.40. The monoisotopic (exact) mass is 336 g/mol. The number of hydrogen-bond donors (Lipinski definition) is 1. The van der Waals surface area contributed by atoms with Gasteiger partial charge in [0.1, 0.15) is 34.5 Å². The quantitative estimate of drug-likeness (QED) is 0.827. The number of carbonyl (C=O) groups is 1. The molecule has 0 radical (unpaired) electrons. The van der Waals surface area contributed by atoms with Gasteiger partial charge < -0.3 is 14.6 Å². The third-order valence-corrected chi connectivity index (χ3v) is 4.74. The molecule has 128 valence electrons. The van der Waals surface area contributed by atoms with E-state index in [0.29, 0.717) is 17.1 Å². The van der Waals surface area contributed by atoms with Crippen LogP contribution in [0.3, 0.4) is 0 Å². The zero-order valence-electron chi connectivity index (χ0n) is 14.5. The molecule has 2 aromatic carbocycles. The smallest absolute Gasteiger partial charge is 0.174 e. The highest BCUT2D eigenvalue weighted by molar-refractivity contribution is 6.04. The molecule has 0 aliphatic carbocycles. The SMILES string of the molecule is Cc1c2c(c(O)c3c1O[C@H](c1ccccc1)CC3=O)C=CC(C)(C)O2. The fourth-order valence-electron chi connectivity index (χ4n) is 3.42. The lowest BCUT2D eigenvalue weighted by Gasteiger charge is -2.33. The van der Waals surface area contributed by atoms with Crippen molar-refractivity contribution in [1.29, 1.82) is 0 Å². The van der Waals surface area contributed by atoms with Crippen LogP contribution in [0, 0.1) is 6.92 Å². The van der Waals surface area contributed by atoms with Crippen LogP contribution in [0.15, 0.2) is 36.4 Å². The Balaban J connectivity index is 1.86. The number of benzene rings is 2. The number of aromatic hydroxyl groups is 1. The molecular weight excluding hydrogens is 316 g/mol. The second-order valence-corrected chi connectivity index (χ2v) is 7.10. The van der Waals surface area contributed by atoms with E-state index in [2.05, 4.69) is 0 Å². The Bertz CT molecular complexity index is 894. The lowest BCUT2D eigenvalue weighted by molar-refractivity contribution is 0.0840. The fraction of sp³-hybridized carbons (Fsp3) is 0.286. The maximum atomic E-state index is 12.8. The molecule has 0 fully saturated rings. The van der Waals surface area contributed by atoms with Crippen molar-refractivity contribution in [3.63, 3.8) is 0 Å². The van der Waals surface area contributed by atoms with Crippen LogP contribution in [0.5, 0.6) is 17.2 Å². The van der Waals surface area contributed by atoms with E-state index in [-0.39, 0.29) is 29.6 Å². The second-order valence-electron chi connectivity index (χ2n) is 7.10. The maximum absolute atomic E-state index is 12.8. The van der Waals surface area contributed by atoms with E-state index >= 15 is 0 Å². The number of ketones is 1. The summed E-state index contributed by atoms with van der Waals surface area (Å²) in [5, 5.41) is 10.7. The van der Waals surface area contributed by atoms with E-state index in [1.54, 1.807) is 0 Å². The Labute approximate surface area is 146 Å². The molecule has 4 nitrogen and oxygen atoms in total. The van der Waals surface area contributed by atoms with Gasteiger partial charge in [-0.15, -0.1) is 0 Å². The number of ether oxygens (including phenoxy) is 2. The summed E-state index contributed by atoms with van der Waals surface area (Å²) in [5.74, 6) is 0.827. The van der Waals surface area contributed by atoms with Crippen LogP contribution in [0.2, 0.25) is 0 Å². The van der Waals surface area contributed by atoms with E-state index in [0.717, 1.165) is 11.1 Å². The molecule has 2 aliphatic rings. The molecule has 2 aliphatic heterocycles. The topological polar surface area (TPSA) is 55.8 Å². The number of rotatable bonds is 1. The van der Waals surface area contributed by atoms with Crippen molar-refractivity contribution in [2.24, 2.45) is 0 Å². The summed E-state index contributed by atoms with van der Waals surface area (Å²) in [7, 11) is 0. The first-order valence-electron chi connectivity index (χ1n) is 8.40. The summed E-state index contributed by atoms with van der Waals surface area (Å²) in [4.78, 5) is 12.8. The molecule has 1 N–H and O–H groups in total. The lowest BCUT2D eigenvalue weighted by atomic mass is 9.90. The fourth-order valence-corrected chi connectivity index (χ4v) is 3.42. The number of hydrogen-bond acceptors (Lipinski definition) is 4. The average Bonchev–Trinajstić information content (AvgIpc) is 2.59. The van der Waals surface area contributed by atoms with Crippen molar-refractivity contribution in [3.05, 3.63) is 58.7 Å². The van der Waals surface area contributed by atoms with Crippen LogP contribution in [0.25, 0.3) is 6.08 Å². The highest BCUT2D eigenvalue weighted by atomic mass is 16.5. The maximum Gasteiger partial charge on any atom is 0.174 e. The van der Waals surface area contributed by atoms with Gasteiger partial charge in [-0.05, 0) is 38.5 Å². The summed E-state index contributed by atoms with van der Waals surface area (Å²) >= 11 is 0. The Kier molecular flexibility index (Phi) is 3.39. The van der Waals surface area contributed by atoms with Gasteiger partial charge in [0.25, 0.3) is 0 Å². The molecule has 2 aromatic rings. The molecule has 4 heteroatoms. The molecule has 2 heterocycles. The Morgan fingerprint density at radius 1 is 1.16 bits per heavy atom. The van der Waals surface area contributed by atoms with Crippen LogP contribution >= 0.6 is 0 Å². The van der Waals surface area contributed by atoms with Crippen LogP contribution in [0.1, 0.15) is 53.4 Å². The van der Waals surface area contributed by atoms with Crippen molar-refractivity contribution < 1.29 is 19.4 Å². The minimum Gasteiger partial charge on any atom is -0.506 e. The molecule has 0 amide bonds. The first kappa shape index (κ1) is 15.8. The zero-order chi connectivity index (χ0) is 17.8. The molecule has 4 rings (SSSR count). The molecule has 0 saturated carbocycles. The van der Waals surface area contributed by atoms with Gasteiger partial charge in [-0.25, -0.2) is 0 Å². The zero-order valence-corrected chi connectivity index (χ0v) is 14.5. The minimum atomic E-state index is -0.476. The summed E-state index contributed by atoms with van der Waals surface area (Å²) < 4.78 is 12.2. The van der Waals surface area contributed by atoms with Crippen LogP contribution in [-0.2, 0) is 0 Å². The number of Topliss-reactive ketones (excluding diaryl/α,β-unsaturated/α-hetero) is 1.